The summed E-state index contributed by atoms with van der Waals surface area (Å²) in [4.78, 5) is 18.0. The molecule has 7 nitrogen and oxygen atoms in total. The van der Waals surface area contributed by atoms with E-state index < -0.39 is 5.97 Å². The van der Waals surface area contributed by atoms with Crippen LogP contribution in [0.15, 0.2) is 83.4 Å². The summed E-state index contributed by atoms with van der Waals surface area (Å²) >= 11 is 5.78. The summed E-state index contributed by atoms with van der Waals surface area (Å²) in [5.74, 6) is 1.20. The first-order valence-electron chi connectivity index (χ1n) is 11.6. The maximum atomic E-state index is 11.3. The van der Waals surface area contributed by atoms with Crippen LogP contribution in [0, 0.1) is 6.92 Å². The number of carboxylic acids is 1. The van der Waals surface area contributed by atoms with Gasteiger partial charge in [-0.2, -0.15) is 0 Å². The number of thiocarbonyl (C=S) groups is 1. The number of anilines is 1. The summed E-state index contributed by atoms with van der Waals surface area (Å²) in [6, 6.07) is 21.9. The summed E-state index contributed by atoms with van der Waals surface area (Å²) in [5.41, 5.74) is 3.64. The van der Waals surface area contributed by atoms with Crippen molar-refractivity contribution < 1.29 is 19.1 Å². The quantitative estimate of drug-likeness (QED) is 0.303. The maximum Gasteiger partial charge on any atom is 0.335 e. The molecule has 36 heavy (non-hydrogen) atoms. The van der Waals surface area contributed by atoms with Crippen LogP contribution in [0.25, 0.3) is 11.3 Å². The van der Waals surface area contributed by atoms with E-state index in [1.807, 2.05) is 73.3 Å². The van der Waals surface area contributed by atoms with Gasteiger partial charge in [-0.3, -0.25) is 4.98 Å². The van der Waals surface area contributed by atoms with Crippen LogP contribution in [0.4, 0.5) is 5.69 Å². The van der Waals surface area contributed by atoms with Crippen molar-refractivity contribution in [1.29, 1.82) is 0 Å². The molecule has 0 aliphatic carbocycles. The van der Waals surface area contributed by atoms with Gasteiger partial charge in [-0.15, -0.1) is 0 Å². The first-order valence-corrected chi connectivity index (χ1v) is 12.0. The highest BCUT2D eigenvalue weighted by molar-refractivity contribution is 7.80. The van der Waals surface area contributed by atoms with Gasteiger partial charge < -0.3 is 24.5 Å². The Balaban J connectivity index is 1.56. The largest absolute Gasteiger partial charge is 0.494 e. The zero-order valence-corrected chi connectivity index (χ0v) is 20.7. The van der Waals surface area contributed by atoms with Gasteiger partial charge in [-0.05, 0) is 92.3 Å². The minimum Gasteiger partial charge on any atom is -0.494 e. The fraction of sp³-hybridized carbons (Fsp3) is 0.179. The van der Waals surface area contributed by atoms with Gasteiger partial charge in [0.2, 0.25) is 0 Å². The molecule has 2 aromatic heterocycles. The number of carboxylic acid groups (broad SMARTS) is 1. The van der Waals surface area contributed by atoms with E-state index in [2.05, 4.69) is 10.3 Å². The summed E-state index contributed by atoms with van der Waals surface area (Å²) in [7, 11) is 0. The highest BCUT2D eigenvalue weighted by atomic mass is 32.1. The molecule has 0 unspecified atom stereocenters. The molecule has 1 aliphatic heterocycles. The Morgan fingerprint density at radius 3 is 2.61 bits per heavy atom. The van der Waals surface area contributed by atoms with Crippen LogP contribution in [0.5, 0.6) is 5.75 Å². The molecule has 1 saturated heterocycles. The monoisotopic (exact) mass is 499 g/mol. The lowest BCUT2D eigenvalue weighted by atomic mass is 10.0. The maximum absolute atomic E-state index is 11.3. The Hall–Kier alpha value is -4.17. The molecule has 4 aromatic rings. The second kappa shape index (κ2) is 9.83. The number of hydrogen-bond donors (Lipinski definition) is 2. The van der Waals surface area contributed by atoms with Gasteiger partial charge in [0.05, 0.1) is 23.9 Å². The van der Waals surface area contributed by atoms with Gasteiger partial charge in [0.15, 0.2) is 5.11 Å². The summed E-state index contributed by atoms with van der Waals surface area (Å²) in [6.07, 6.45) is 1.76. The highest BCUT2D eigenvalue weighted by Crippen LogP contribution is 2.43. The molecule has 0 amide bonds. The molecule has 3 heterocycles. The number of benzene rings is 2. The molecule has 0 bridgehead atoms. The van der Waals surface area contributed by atoms with Crippen molar-refractivity contribution in [2.45, 2.75) is 25.9 Å². The Bertz CT molecular complexity index is 1400. The van der Waals surface area contributed by atoms with Gasteiger partial charge in [0.25, 0.3) is 0 Å². The molecule has 8 heteroatoms. The Labute approximate surface area is 214 Å². The number of furan rings is 1. The molecular formula is C28H25N3O4S. The van der Waals surface area contributed by atoms with E-state index >= 15 is 0 Å². The topological polar surface area (TPSA) is 87.8 Å². The normalized spacial score (nSPS) is 17.2. The Morgan fingerprint density at radius 1 is 1.14 bits per heavy atom. The number of pyridine rings is 1. The molecule has 0 spiro atoms. The molecule has 182 valence electrons. The Kier molecular flexibility index (Phi) is 6.43. The van der Waals surface area contributed by atoms with Crippen molar-refractivity contribution in [2.75, 3.05) is 11.5 Å². The molecular weight excluding hydrogens is 474 g/mol. The van der Waals surface area contributed by atoms with Crippen molar-refractivity contribution in [3.8, 4) is 17.1 Å². The number of carbonyl (C=O) groups is 1. The van der Waals surface area contributed by atoms with E-state index in [1.54, 1.807) is 24.4 Å². The third kappa shape index (κ3) is 4.43. The first-order chi connectivity index (χ1) is 17.5. The fourth-order valence-corrected chi connectivity index (χ4v) is 4.87. The minimum absolute atomic E-state index is 0.236. The van der Waals surface area contributed by atoms with Crippen molar-refractivity contribution in [2.24, 2.45) is 0 Å². The molecule has 1 aliphatic rings. The number of ether oxygens (including phenoxy) is 1. The van der Waals surface area contributed by atoms with Gasteiger partial charge in [0.1, 0.15) is 23.3 Å². The van der Waals surface area contributed by atoms with Crippen molar-refractivity contribution in [1.82, 2.24) is 10.3 Å². The Morgan fingerprint density at radius 2 is 1.94 bits per heavy atom. The lowest BCUT2D eigenvalue weighted by molar-refractivity contribution is 0.0696. The summed E-state index contributed by atoms with van der Waals surface area (Å²) in [6.45, 7) is 4.42. The van der Waals surface area contributed by atoms with Gasteiger partial charge >= 0.3 is 5.97 Å². The van der Waals surface area contributed by atoms with Crippen LogP contribution in [0.1, 0.15) is 46.4 Å². The van der Waals surface area contributed by atoms with E-state index in [4.69, 9.17) is 21.4 Å². The first kappa shape index (κ1) is 23.6. The second-order valence-corrected chi connectivity index (χ2v) is 8.85. The van der Waals surface area contributed by atoms with E-state index in [0.29, 0.717) is 23.2 Å². The van der Waals surface area contributed by atoms with Crippen LogP contribution in [0.2, 0.25) is 0 Å². The van der Waals surface area contributed by atoms with Crippen molar-refractivity contribution >= 4 is 29.0 Å². The predicted octanol–water partition coefficient (Wildman–Crippen LogP) is 5.92. The standard InChI is InChI=1S/C28H25N3O4S/c1-3-34-20-10-8-19(9-11-20)31-26(25(30-28(31)36)22-6-4-5-15-29-22)24-14-13-23(35-24)21-12-7-18(27(32)33)16-17(21)2/h4-16,25-26H,3H2,1-2H3,(H,30,36)(H,32,33)/t25-,26-/m0/s1. The average Bonchev–Trinajstić information content (AvgIpc) is 3.50. The average molecular weight is 500 g/mol. The number of nitrogens with one attached hydrogen (secondary N) is 1. The molecule has 1 fully saturated rings. The van der Waals surface area contributed by atoms with Crippen LogP contribution in [0.3, 0.4) is 0 Å². The smallest absolute Gasteiger partial charge is 0.335 e. The van der Waals surface area contributed by atoms with E-state index in [9.17, 15) is 9.90 Å². The van der Waals surface area contributed by atoms with Gasteiger partial charge in [0, 0.05) is 17.4 Å². The molecule has 2 N–H and O–H groups in total. The van der Waals surface area contributed by atoms with Crippen molar-refractivity contribution in [3.63, 3.8) is 0 Å². The number of aryl methyl sites for hydroxylation is 1. The zero-order chi connectivity index (χ0) is 25.2. The third-order valence-electron chi connectivity index (χ3n) is 6.18. The lowest BCUT2D eigenvalue weighted by Crippen LogP contribution is -2.29. The molecule has 2 atom stereocenters. The zero-order valence-electron chi connectivity index (χ0n) is 19.8. The van der Waals surface area contributed by atoms with Crippen molar-refractivity contribution in [3.05, 3.63) is 102 Å². The minimum atomic E-state index is -0.959. The number of rotatable bonds is 7. The van der Waals surface area contributed by atoms with Crippen LogP contribution >= 0.6 is 12.2 Å². The van der Waals surface area contributed by atoms with Gasteiger partial charge in [-0.25, -0.2) is 4.79 Å². The molecule has 0 radical (unpaired) electrons. The van der Waals surface area contributed by atoms with Gasteiger partial charge in [-0.1, -0.05) is 12.1 Å². The second-order valence-electron chi connectivity index (χ2n) is 8.46. The van der Waals surface area contributed by atoms with Crippen LogP contribution in [-0.2, 0) is 0 Å². The van der Waals surface area contributed by atoms with E-state index in [1.165, 1.54) is 0 Å². The number of aromatic carboxylic acids is 1. The molecule has 0 saturated carbocycles. The number of nitrogens with zero attached hydrogens (tertiary/aromatic N) is 2. The number of aromatic nitrogens is 1. The lowest BCUT2D eigenvalue weighted by Gasteiger charge is -2.26. The SMILES string of the molecule is CCOc1ccc(N2C(=S)N[C@@H](c3ccccn3)[C@@H]2c2ccc(-c3ccc(C(=O)O)cc3C)o2)cc1. The summed E-state index contributed by atoms with van der Waals surface area (Å²) in [5, 5.41) is 13.3. The van der Waals surface area contributed by atoms with Crippen LogP contribution in [-0.4, -0.2) is 27.8 Å². The fourth-order valence-electron chi connectivity index (χ4n) is 4.52. The summed E-state index contributed by atoms with van der Waals surface area (Å²) < 4.78 is 12.0. The number of hydrogen-bond acceptors (Lipinski definition) is 5. The molecule has 2 aromatic carbocycles. The van der Waals surface area contributed by atoms with E-state index in [-0.39, 0.29) is 17.6 Å². The molecule has 5 rings (SSSR count). The predicted molar refractivity (Wildman–Crippen MR) is 141 cm³/mol. The highest BCUT2D eigenvalue weighted by Gasteiger charge is 2.42. The third-order valence-corrected chi connectivity index (χ3v) is 6.50. The van der Waals surface area contributed by atoms with Crippen LogP contribution < -0.4 is 15.0 Å². The van der Waals surface area contributed by atoms with E-state index in [0.717, 1.165) is 28.3 Å².